The Morgan fingerprint density at radius 3 is 2.94 bits per heavy atom. The molecule has 0 saturated heterocycles. The molecule has 1 heterocycles. The largest absolute Gasteiger partial charge is 0.368 e. The SMILES string of the molecule is CCCc1nc(N)n(Cc2cccc(Cl)c2)n1. The number of aromatic nitrogens is 3. The molecular weight excluding hydrogens is 236 g/mol. The summed E-state index contributed by atoms with van der Waals surface area (Å²) < 4.78 is 1.71. The number of nitrogens with two attached hydrogens (primary N) is 1. The fraction of sp³-hybridized carbons (Fsp3) is 0.333. The van der Waals surface area contributed by atoms with Gasteiger partial charge in [0.25, 0.3) is 0 Å². The van der Waals surface area contributed by atoms with Crippen LogP contribution in [-0.2, 0) is 13.0 Å². The molecule has 2 N–H and O–H groups in total. The second-order valence-electron chi connectivity index (χ2n) is 3.92. The minimum atomic E-state index is 0.452. The Bertz CT molecular complexity index is 507. The average molecular weight is 251 g/mol. The number of rotatable bonds is 4. The first kappa shape index (κ1) is 11.9. The van der Waals surface area contributed by atoms with Crippen molar-refractivity contribution in [2.75, 3.05) is 5.73 Å². The van der Waals surface area contributed by atoms with Crippen LogP contribution >= 0.6 is 11.6 Å². The lowest BCUT2D eigenvalue weighted by atomic mass is 10.2. The summed E-state index contributed by atoms with van der Waals surface area (Å²) in [5.74, 6) is 1.25. The zero-order valence-electron chi connectivity index (χ0n) is 9.73. The van der Waals surface area contributed by atoms with Crippen LogP contribution in [0.5, 0.6) is 0 Å². The van der Waals surface area contributed by atoms with Crippen LogP contribution in [-0.4, -0.2) is 14.8 Å². The van der Waals surface area contributed by atoms with Crippen LogP contribution in [0.3, 0.4) is 0 Å². The Morgan fingerprint density at radius 1 is 1.41 bits per heavy atom. The lowest BCUT2D eigenvalue weighted by Crippen LogP contribution is -2.06. The summed E-state index contributed by atoms with van der Waals surface area (Å²) >= 11 is 5.93. The van der Waals surface area contributed by atoms with E-state index in [1.807, 2.05) is 24.3 Å². The molecule has 0 unspecified atom stereocenters. The molecule has 5 heteroatoms. The number of halogens is 1. The van der Waals surface area contributed by atoms with Crippen LogP contribution in [0.25, 0.3) is 0 Å². The number of aryl methyl sites for hydroxylation is 1. The quantitative estimate of drug-likeness (QED) is 0.907. The lowest BCUT2D eigenvalue weighted by Gasteiger charge is -2.03. The van der Waals surface area contributed by atoms with Gasteiger partial charge in [-0.1, -0.05) is 30.7 Å². The van der Waals surface area contributed by atoms with Crippen LogP contribution in [0.15, 0.2) is 24.3 Å². The zero-order chi connectivity index (χ0) is 12.3. The molecule has 0 aliphatic heterocycles. The third-order valence-corrected chi connectivity index (χ3v) is 2.67. The molecule has 0 aliphatic rings. The Balaban J connectivity index is 2.18. The van der Waals surface area contributed by atoms with Crippen molar-refractivity contribution in [2.24, 2.45) is 0 Å². The van der Waals surface area contributed by atoms with Gasteiger partial charge in [0.2, 0.25) is 5.95 Å². The van der Waals surface area contributed by atoms with Gasteiger partial charge in [0.15, 0.2) is 5.82 Å². The highest BCUT2D eigenvalue weighted by Gasteiger charge is 2.06. The summed E-state index contributed by atoms with van der Waals surface area (Å²) in [4.78, 5) is 4.22. The standard InChI is InChI=1S/C12H15ClN4/c1-2-4-11-15-12(14)17(16-11)8-9-5-3-6-10(13)7-9/h3,5-7H,2,4,8H2,1H3,(H2,14,15,16). The minimum absolute atomic E-state index is 0.452. The smallest absolute Gasteiger partial charge is 0.219 e. The van der Waals surface area contributed by atoms with E-state index < -0.39 is 0 Å². The zero-order valence-corrected chi connectivity index (χ0v) is 10.5. The molecule has 0 amide bonds. The van der Waals surface area contributed by atoms with Crippen LogP contribution in [0, 0.1) is 0 Å². The van der Waals surface area contributed by atoms with Crippen LogP contribution in [0.1, 0.15) is 24.7 Å². The summed E-state index contributed by atoms with van der Waals surface area (Å²) in [6, 6.07) is 7.66. The highest BCUT2D eigenvalue weighted by molar-refractivity contribution is 6.30. The summed E-state index contributed by atoms with van der Waals surface area (Å²) in [6.07, 6.45) is 1.87. The maximum absolute atomic E-state index is 5.93. The Labute approximate surface area is 105 Å². The molecule has 1 aromatic heterocycles. The Hall–Kier alpha value is -1.55. The van der Waals surface area contributed by atoms with Gasteiger partial charge in [-0.25, -0.2) is 4.68 Å². The van der Waals surface area contributed by atoms with E-state index >= 15 is 0 Å². The molecule has 0 bridgehead atoms. The van der Waals surface area contributed by atoms with Gasteiger partial charge < -0.3 is 5.73 Å². The third-order valence-electron chi connectivity index (χ3n) is 2.44. The fourth-order valence-corrected chi connectivity index (χ4v) is 1.87. The van der Waals surface area contributed by atoms with Crippen molar-refractivity contribution in [3.05, 3.63) is 40.7 Å². The molecular formula is C12H15ClN4. The van der Waals surface area contributed by atoms with E-state index in [2.05, 4.69) is 17.0 Å². The fourth-order valence-electron chi connectivity index (χ4n) is 1.66. The van der Waals surface area contributed by atoms with E-state index in [0.717, 1.165) is 29.3 Å². The molecule has 0 radical (unpaired) electrons. The Kier molecular flexibility index (Phi) is 3.64. The molecule has 0 saturated carbocycles. The van der Waals surface area contributed by atoms with Gasteiger partial charge in [-0.15, -0.1) is 0 Å². The van der Waals surface area contributed by atoms with Gasteiger partial charge in [-0.2, -0.15) is 10.1 Å². The van der Waals surface area contributed by atoms with Crippen molar-refractivity contribution in [3.8, 4) is 0 Å². The van der Waals surface area contributed by atoms with Crippen molar-refractivity contribution in [2.45, 2.75) is 26.3 Å². The average Bonchev–Trinajstić information content (AvgIpc) is 2.60. The molecule has 0 spiro atoms. The normalized spacial score (nSPS) is 10.7. The van der Waals surface area contributed by atoms with Gasteiger partial charge >= 0.3 is 0 Å². The molecule has 0 aliphatic carbocycles. The van der Waals surface area contributed by atoms with Crippen molar-refractivity contribution in [1.29, 1.82) is 0 Å². The maximum atomic E-state index is 5.93. The molecule has 4 nitrogen and oxygen atoms in total. The molecule has 0 atom stereocenters. The molecule has 2 rings (SSSR count). The number of hydrogen-bond donors (Lipinski definition) is 1. The molecule has 0 fully saturated rings. The van der Waals surface area contributed by atoms with E-state index in [9.17, 15) is 0 Å². The summed E-state index contributed by atoms with van der Waals surface area (Å²) in [5.41, 5.74) is 6.88. The first-order valence-corrected chi connectivity index (χ1v) is 6.00. The molecule has 17 heavy (non-hydrogen) atoms. The van der Waals surface area contributed by atoms with E-state index in [0.29, 0.717) is 12.5 Å². The van der Waals surface area contributed by atoms with Crippen molar-refractivity contribution < 1.29 is 0 Å². The van der Waals surface area contributed by atoms with E-state index in [-0.39, 0.29) is 0 Å². The second kappa shape index (κ2) is 5.19. The van der Waals surface area contributed by atoms with Gasteiger partial charge in [-0.3, -0.25) is 0 Å². The number of nitrogens with zero attached hydrogens (tertiary/aromatic N) is 3. The summed E-state index contributed by atoms with van der Waals surface area (Å²) in [7, 11) is 0. The van der Waals surface area contributed by atoms with Crippen LogP contribution in [0.4, 0.5) is 5.95 Å². The minimum Gasteiger partial charge on any atom is -0.368 e. The summed E-state index contributed by atoms with van der Waals surface area (Å²) in [5, 5.41) is 5.08. The lowest BCUT2D eigenvalue weighted by molar-refractivity contribution is 0.676. The maximum Gasteiger partial charge on any atom is 0.219 e. The van der Waals surface area contributed by atoms with Gasteiger partial charge in [0, 0.05) is 11.4 Å². The van der Waals surface area contributed by atoms with E-state index in [4.69, 9.17) is 17.3 Å². The molecule has 1 aromatic carbocycles. The number of anilines is 1. The number of nitrogen functional groups attached to an aromatic ring is 1. The molecule has 90 valence electrons. The van der Waals surface area contributed by atoms with Crippen molar-refractivity contribution >= 4 is 17.5 Å². The van der Waals surface area contributed by atoms with Crippen molar-refractivity contribution in [3.63, 3.8) is 0 Å². The number of hydrogen-bond acceptors (Lipinski definition) is 3. The van der Waals surface area contributed by atoms with E-state index in [1.165, 1.54) is 0 Å². The first-order valence-electron chi connectivity index (χ1n) is 5.62. The van der Waals surface area contributed by atoms with Crippen molar-refractivity contribution in [1.82, 2.24) is 14.8 Å². The predicted octanol–water partition coefficient (Wildman–Crippen LogP) is 2.51. The van der Waals surface area contributed by atoms with Gasteiger partial charge in [0.1, 0.15) is 0 Å². The highest BCUT2D eigenvalue weighted by atomic mass is 35.5. The first-order chi connectivity index (χ1) is 8.19. The van der Waals surface area contributed by atoms with Crippen LogP contribution < -0.4 is 5.73 Å². The second-order valence-corrected chi connectivity index (χ2v) is 4.36. The van der Waals surface area contributed by atoms with Gasteiger partial charge in [0.05, 0.1) is 6.54 Å². The monoisotopic (exact) mass is 250 g/mol. The third kappa shape index (κ3) is 2.97. The predicted molar refractivity (Wildman–Crippen MR) is 69.0 cm³/mol. The number of benzene rings is 1. The molecule has 2 aromatic rings. The Morgan fingerprint density at radius 2 is 2.24 bits per heavy atom. The highest BCUT2D eigenvalue weighted by Crippen LogP contribution is 2.13. The van der Waals surface area contributed by atoms with Gasteiger partial charge in [-0.05, 0) is 24.1 Å². The van der Waals surface area contributed by atoms with Crippen LogP contribution in [0.2, 0.25) is 5.02 Å². The topological polar surface area (TPSA) is 56.7 Å². The van der Waals surface area contributed by atoms with E-state index in [1.54, 1.807) is 4.68 Å². The summed E-state index contributed by atoms with van der Waals surface area (Å²) in [6.45, 7) is 2.69.